The molecular weight excluding hydrogens is 1410 g/mol. The van der Waals surface area contributed by atoms with Gasteiger partial charge >= 0.3 is 0 Å². The molecule has 0 unspecified atom stereocenters. The molecule has 0 radical (unpaired) electrons. The van der Waals surface area contributed by atoms with Crippen molar-refractivity contribution in [3.8, 4) is 66.8 Å². The minimum absolute atomic E-state index is 0.903. The van der Waals surface area contributed by atoms with Gasteiger partial charge in [-0.15, -0.1) is 0 Å². The van der Waals surface area contributed by atoms with E-state index in [2.05, 4.69) is 364 Å². The van der Waals surface area contributed by atoms with Crippen LogP contribution in [-0.4, -0.2) is 0 Å². The molecular formula is C112H64O4. The fourth-order valence-electron chi connectivity index (χ4n) is 19.9. The molecule has 26 aromatic rings. The Morgan fingerprint density at radius 3 is 0.759 bits per heavy atom. The Bertz CT molecular complexity index is 8320. The number of furan rings is 4. The topological polar surface area (TPSA) is 52.6 Å². The van der Waals surface area contributed by atoms with E-state index in [4.69, 9.17) is 17.7 Å². The van der Waals surface area contributed by atoms with E-state index in [0.29, 0.717) is 0 Å². The second-order valence-corrected chi connectivity index (χ2v) is 31.0. The van der Waals surface area contributed by atoms with Gasteiger partial charge in [-0.2, -0.15) is 0 Å². The number of rotatable bonds is 6. The molecule has 0 atom stereocenters. The third-order valence-electron chi connectivity index (χ3n) is 24.9. The summed E-state index contributed by atoms with van der Waals surface area (Å²) in [6.07, 6.45) is 0. The van der Waals surface area contributed by atoms with Crippen molar-refractivity contribution in [1.82, 2.24) is 0 Å². The predicted molar refractivity (Wildman–Crippen MR) is 490 cm³/mol. The molecule has 116 heavy (non-hydrogen) atoms. The van der Waals surface area contributed by atoms with Crippen molar-refractivity contribution >= 4 is 195 Å². The molecule has 0 bridgehead atoms. The second kappa shape index (κ2) is 25.1. The summed E-state index contributed by atoms with van der Waals surface area (Å²) in [6, 6.07) is 141. The summed E-state index contributed by atoms with van der Waals surface area (Å²) in [4.78, 5) is 0. The third kappa shape index (κ3) is 9.62. The van der Waals surface area contributed by atoms with Gasteiger partial charge in [0.15, 0.2) is 0 Å². The maximum atomic E-state index is 6.45. The SMILES string of the molecule is c1ccc2cc(-c3c4cccc(-c5cccc6c5ccc5oc7ccccc7c56)c4cc4c(-c5cccc6c5ccc5oc7ccccc7c56)cccc34)ccc2c1.c1ccc2cc(-c3c4cccc(-c5cccc6ccc7oc8ccccc8c7c56)c4cc4c(-c5cccc6ccc7oc8ccccc8c7c56)cccc34)ccc2c1. The number of para-hydroxylation sites is 4. The Morgan fingerprint density at radius 2 is 0.379 bits per heavy atom. The van der Waals surface area contributed by atoms with Crippen molar-refractivity contribution in [3.05, 3.63) is 388 Å². The largest absolute Gasteiger partial charge is 0.456 e. The Morgan fingerprint density at radius 1 is 0.121 bits per heavy atom. The summed E-state index contributed by atoms with van der Waals surface area (Å²) in [5.74, 6) is 0. The standard InChI is InChI=1S/2C56H32O2/c1-2-12-36-31-37(26-25-33(36)11-1)52-42-21-9-17-38(40-19-7-13-34-27-29-50-55(53(34)40)44-15-3-5-23-48(44)57-50)46(42)32-47-39(18-10-22-43(47)52)41-20-8-14-35-28-30-51-56(54(35)41)45-16-4-6-24-49(45)58-51;1-2-12-34-31-35(26-25-33(34)11-1)54-44-21-9-17-38(36-15-7-19-42-40(36)27-29-52-55(42)46-13-3-5-23-50(46)57-52)48(44)32-49-39(18-10-22-45(49)54)37-16-8-20-43-41(37)28-30-53-56(43)47-14-4-6-24-51(47)58-53/h2*1-32H. The van der Waals surface area contributed by atoms with Gasteiger partial charge in [0.25, 0.3) is 0 Å². The molecule has 0 saturated carbocycles. The highest BCUT2D eigenvalue weighted by atomic mass is 16.3. The fraction of sp³-hybridized carbons (Fsp3) is 0. The zero-order valence-electron chi connectivity index (χ0n) is 62.6. The molecule has 4 heteroatoms. The highest BCUT2D eigenvalue weighted by Crippen LogP contribution is 2.52. The van der Waals surface area contributed by atoms with Crippen LogP contribution in [0, 0.1) is 0 Å². The molecule has 4 aromatic heterocycles. The van der Waals surface area contributed by atoms with E-state index in [9.17, 15) is 0 Å². The molecule has 0 aliphatic rings. The van der Waals surface area contributed by atoms with Gasteiger partial charge in [-0.25, -0.2) is 0 Å². The smallest absolute Gasteiger partial charge is 0.136 e. The van der Waals surface area contributed by atoms with Gasteiger partial charge in [-0.05, 0) is 237 Å². The average molecular weight is 1470 g/mol. The van der Waals surface area contributed by atoms with E-state index < -0.39 is 0 Å². The summed E-state index contributed by atoms with van der Waals surface area (Å²) < 4.78 is 25.6. The van der Waals surface area contributed by atoms with Crippen molar-refractivity contribution in [1.29, 1.82) is 0 Å². The third-order valence-corrected chi connectivity index (χ3v) is 24.9. The van der Waals surface area contributed by atoms with Crippen LogP contribution in [0.3, 0.4) is 0 Å². The van der Waals surface area contributed by atoms with Crippen LogP contribution < -0.4 is 0 Å². The average Bonchev–Trinajstić information content (AvgIpc) is 0.924. The maximum Gasteiger partial charge on any atom is 0.136 e. The lowest BCUT2D eigenvalue weighted by Crippen LogP contribution is -1.92. The fourth-order valence-corrected chi connectivity index (χ4v) is 19.9. The number of benzene rings is 22. The van der Waals surface area contributed by atoms with E-state index >= 15 is 0 Å². The Kier molecular flexibility index (Phi) is 13.9. The first-order valence-electron chi connectivity index (χ1n) is 39.8. The van der Waals surface area contributed by atoms with Crippen LogP contribution in [-0.2, 0) is 0 Å². The summed E-state index contributed by atoms with van der Waals surface area (Å²) in [5, 5.41) is 33.5. The first-order chi connectivity index (χ1) is 57.5. The molecule has 4 heterocycles. The Labute approximate surface area is 663 Å². The van der Waals surface area contributed by atoms with Crippen molar-refractivity contribution in [3.63, 3.8) is 0 Å². The van der Waals surface area contributed by atoms with E-state index in [1.54, 1.807) is 0 Å². The molecule has 0 amide bonds. The Hall–Kier alpha value is -15.4. The zero-order valence-corrected chi connectivity index (χ0v) is 62.6. The lowest BCUT2D eigenvalue weighted by molar-refractivity contribution is 0.669. The minimum atomic E-state index is 0.903. The summed E-state index contributed by atoms with van der Waals surface area (Å²) in [5.41, 5.74) is 21.7. The summed E-state index contributed by atoms with van der Waals surface area (Å²) in [7, 11) is 0. The van der Waals surface area contributed by atoms with Gasteiger partial charge in [-0.1, -0.05) is 315 Å². The van der Waals surface area contributed by atoms with Crippen LogP contribution >= 0.6 is 0 Å². The van der Waals surface area contributed by atoms with Crippen LogP contribution in [0.2, 0.25) is 0 Å². The molecule has 0 fully saturated rings. The lowest BCUT2D eigenvalue weighted by Gasteiger charge is -2.19. The van der Waals surface area contributed by atoms with Crippen LogP contribution in [0.15, 0.2) is 406 Å². The van der Waals surface area contributed by atoms with E-state index in [1.165, 1.54) is 174 Å². The molecule has 0 aliphatic carbocycles. The summed E-state index contributed by atoms with van der Waals surface area (Å²) >= 11 is 0. The van der Waals surface area contributed by atoms with Crippen LogP contribution in [0.5, 0.6) is 0 Å². The van der Waals surface area contributed by atoms with Gasteiger partial charge in [0, 0.05) is 53.9 Å². The van der Waals surface area contributed by atoms with Gasteiger partial charge in [0.2, 0.25) is 0 Å². The monoisotopic (exact) mass is 1470 g/mol. The van der Waals surface area contributed by atoms with Crippen molar-refractivity contribution in [2.45, 2.75) is 0 Å². The highest BCUT2D eigenvalue weighted by molar-refractivity contribution is 6.31. The molecule has 0 aliphatic heterocycles. The quantitative estimate of drug-likeness (QED) is 0.156. The normalized spacial score (nSPS) is 12.1. The van der Waals surface area contributed by atoms with E-state index in [1.807, 2.05) is 24.3 Å². The first-order valence-corrected chi connectivity index (χ1v) is 39.8. The van der Waals surface area contributed by atoms with Crippen molar-refractivity contribution in [2.75, 3.05) is 0 Å². The van der Waals surface area contributed by atoms with Gasteiger partial charge < -0.3 is 17.7 Å². The predicted octanol–water partition coefficient (Wildman–Crippen LogP) is 32.5. The lowest BCUT2D eigenvalue weighted by atomic mass is 9.84. The van der Waals surface area contributed by atoms with Crippen LogP contribution in [0.4, 0.5) is 0 Å². The molecule has 4 nitrogen and oxygen atoms in total. The zero-order chi connectivity index (χ0) is 75.8. The van der Waals surface area contributed by atoms with Gasteiger partial charge in [0.05, 0.1) is 0 Å². The van der Waals surface area contributed by atoms with Crippen molar-refractivity contribution in [2.24, 2.45) is 0 Å². The maximum absolute atomic E-state index is 6.45. The molecule has 0 spiro atoms. The molecule has 22 aromatic carbocycles. The number of fused-ring (bicyclic) bond motifs is 26. The minimum Gasteiger partial charge on any atom is -0.456 e. The van der Waals surface area contributed by atoms with Gasteiger partial charge in [0.1, 0.15) is 44.7 Å². The van der Waals surface area contributed by atoms with Crippen LogP contribution in [0.1, 0.15) is 0 Å². The van der Waals surface area contributed by atoms with Crippen molar-refractivity contribution < 1.29 is 17.7 Å². The van der Waals surface area contributed by atoms with Crippen LogP contribution in [0.25, 0.3) is 262 Å². The first kappa shape index (κ1) is 64.3. The van der Waals surface area contributed by atoms with E-state index in [-0.39, 0.29) is 0 Å². The second-order valence-electron chi connectivity index (χ2n) is 31.0. The number of hydrogen-bond acceptors (Lipinski definition) is 4. The highest BCUT2D eigenvalue weighted by Gasteiger charge is 2.25. The summed E-state index contributed by atoms with van der Waals surface area (Å²) in [6.45, 7) is 0. The molecule has 0 saturated heterocycles. The molecule has 0 N–H and O–H groups in total. The molecule has 536 valence electrons. The molecule has 26 rings (SSSR count). The Balaban J connectivity index is 0.000000130. The van der Waals surface area contributed by atoms with Gasteiger partial charge in [-0.3, -0.25) is 0 Å². The van der Waals surface area contributed by atoms with E-state index in [0.717, 1.165) is 87.8 Å². The number of hydrogen-bond donors (Lipinski definition) is 0.